The summed E-state index contributed by atoms with van der Waals surface area (Å²) in [6, 6.07) is 45.5. The van der Waals surface area contributed by atoms with E-state index < -0.39 is 32.7 Å². The lowest BCUT2D eigenvalue weighted by Gasteiger charge is -2.20. The summed E-state index contributed by atoms with van der Waals surface area (Å²) in [6.45, 7) is 0. The molecule has 58 heavy (non-hydrogen) atoms. The monoisotopic (exact) mass is 760 g/mol. The number of rotatable bonds is 7. The Hall–Kier alpha value is -8.60. The Morgan fingerprint density at radius 1 is 0.431 bits per heavy atom. The number of ether oxygens (including phenoxy) is 2. The molecule has 0 bridgehead atoms. The third-order valence-electron chi connectivity index (χ3n) is 9.21. The molecule has 0 unspecified atom stereocenters. The molecule has 0 aliphatic heterocycles. The maximum Gasteiger partial charge on any atom is 0.310 e. The number of aromatic hydroxyl groups is 2. The van der Waals surface area contributed by atoms with Gasteiger partial charge in [-0.3, -0.25) is 20.2 Å². The van der Waals surface area contributed by atoms with Crippen LogP contribution in [0.5, 0.6) is 34.5 Å². The summed E-state index contributed by atoms with van der Waals surface area (Å²) in [7, 11) is 0. The van der Waals surface area contributed by atoms with Gasteiger partial charge in [0.25, 0.3) is 0 Å². The number of phenols is 2. The van der Waals surface area contributed by atoms with Crippen LogP contribution in [-0.2, 0) is 0 Å². The second-order valence-electron chi connectivity index (χ2n) is 13.0. The fourth-order valence-corrected chi connectivity index (χ4v) is 6.49. The zero-order valence-corrected chi connectivity index (χ0v) is 30.2. The molecule has 2 N–H and O–H groups in total. The van der Waals surface area contributed by atoms with Crippen LogP contribution in [0.4, 0.5) is 11.4 Å². The van der Waals surface area contributed by atoms with Gasteiger partial charge in [-0.2, -0.15) is 0 Å². The van der Waals surface area contributed by atoms with Gasteiger partial charge < -0.3 is 19.7 Å². The minimum absolute atomic E-state index is 0.135. The molecule has 0 aromatic heterocycles. The van der Waals surface area contributed by atoms with Gasteiger partial charge >= 0.3 is 11.4 Å². The second kappa shape index (κ2) is 15.6. The van der Waals surface area contributed by atoms with Gasteiger partial charge in [-0.05, 0) is 94.3 Å². The normalized spacial score (nSPS) is 10.6. The first kappa shape index (κ1) is 36.4. The lowest BCUT2D eigenvalue weighted by Crippen LogP contribution is -1.96. The second-order valence-corrected chi connectivity index (χ2v) is 13.0. The smallest absolute Gasteiger partial charge is 0.310 e. The van der Waals surface area contributed by atoms with Crippen molar-refractivity contribution in [3.05, 3.63) is 200 Å². The van der Waals surface area contributed by atoms with E-state index in [4.69, 9.17) is 9.47 Å². The summed E-state index contributed by atoms with van der Waals surface area (Å²) in [6.07, 6.45) is 0. The van der Waals surface area contributed by atoms with Crippen molar-refractivity contribution >= 4 is 32.9 Å². The Balaban J connectivity index is 1.35. The summed E-state index contributed by atoms with van der Waals surface area (Å²) in [5.74, 6) is 12.6. The van der Waals surface area contributed by atoms with E-state index >= 15 is 0 Å². The molecule has 0 amide bonds. The number of nitrogens with zero attached hydrogens (tertiary/aromatic N) is 2. The number of benzene rings is 8. The predicted molar refractivity (Wildman–Crippen MR) is 221 cm³/mol. The van der Waals surface area contributed by atoms with Gasteiger partial charge in [0.1, 0.15) is 23.0 Å². The molecule has 0 spiro atoms. The van der Waals surface area contributed by atoms with Crippen molar-refractivity contribution in [2.45, 2.75) is 0 Å². The molecule has 278 valence electrons. The molecule has 10 heteroatoms. The highest BCUT2D eigenvalue weighted by molar-refractivity contribution is 6.10. The first-order valence-corrected chi connectivity index (χ1v) is 17.8. The maximum atomic E-state index is 11.5. The average Bonchev–Trinajstić information content (AvgIpc) is 3.23. The van der Waals surface area contributed by atoms with Crippen molar-refractivity contribution in [3.63, 3.8) is 0 Å². The largest absolute Gasteiger partial charge is 0.502 e. The zero-order chi connectivity index (χ0) is 40.2. The van der Waals surface area contributed by atoms with Crippen LogP contribution in [0.25, 0.3) is 32.7 Å². The Morgan fingerprint density at radius 3 is 1.21 bits per heavy atom. The zero-order valence-electron chi connectivity index (χ0n) is 30.2. The molecule has 0 aliphatic rings. The highest BCUT2D eigenvalue weighted by Gasteiger charge is 2.23. The quantitative estimate of drug-likeness (QED) is 0.0927. The van der Waals surface area contributed by atoms with Crippen LogP contribution in [0.1, 0.15) is 22.3 Å². The van der Waals surface area contributed by atoms with Crippen LogP contribution in [0.15, 0.2) is 158 Å². The molecule has 8 aromatic carbocycles. The Labute approximate surface area is 331 Å². The molecule has 8 rings (SSSR count). The van der Waals surface area contributed by atoms with E-state index in [1.165, 1.54) is 24.3 Å². The molecule has 0 saturated carbocycles. The van der Waals surface area contributed by atoms with Crippen LogP contribution >= 0.6 is 0 Å². The first-order valence-electron chi connectivity index (χ1n) is 17.8. The fraction of sp³-hybridized carbons (Fsp3) is 0. The van der Waals surface area contributed by atoms with Crippen LogP contribution in [0.3, 0.4) is 0 Å². The van der Waals surface area contributed by atoms with Crippen molar-refractivity contribution in [1.29, 1.82) is 0 Å². The standard InChI is InChI=1S/C48H28N2O8/c51-43-29-37(19-23-41(43)49(53)54)57-45-25-17-35-27-33(13-11-31-7-3-1-4-8-31)15-21-39(35)47(45)48-40-22-16-34(14-12-32-9-5-2-6-10-32)28-36(40)18-26-46(48)58-38-20-24-42(50(55)56)44(52)30-38/h1-10,15-30,51-52H. The van der Waals surface area contributed by atoms with Crippen LogP contribution in [0, 0.1) is 43.9 Å². The minimum atomic E-state index is -0.687. The topological polar surface area (TPSA) is 145 Å². The lowest BCUT2D eigenvalue weighted by atomic mass is 9.91. The van der Waals surface area contributed by atoms with Gasteiger partial charge in [-0.1, -0.05) is 84.3 Å². The molecule has 0 radical (unpaired) electrons. The first-order chi connectivity index (χ1) is 28.2. The van der Waals surface area contributed by atoms with Crippen molar-refractivity contribution in [3.8, 4) is 69.3 Å². The van der Waals surface area contributed by atoms with Crippen LogP contribution in [0.2, 0.25) is 0 Å². The summed E-state index contributed by atoms with van der Waals surface area (Å²) in [5, 5.41) is 47.0. The third kappa shape index (κ3) is 7.66. The SMILES string of the molecule is O=[N+]([O-])c1ccc(Oc2ccc3cc(C#Cc4ccccc4)ccc3c2-c2c(Oc3ccc([N+](=O)[O-])c(O)c3)ccc3cc(C#Cc4ccccc4)ccc23)cc1O. The van der Waals surface area contributed by atoms with Gasteiger partial charge in [0.05, 0.1) is 9.85 Å². The summed E-state index contributed by atoms with van der Waals surface area (Å²) in [5.41, 5.74) is 3.42. The predicted octanol–water partition coefficient (Wildman–Crippen LogP) is 11.3. The highest BCUT2D eigenvalue weighted by atomic mass is 16.6. The molecule has 8 aromatic rings. The van der Waals surface area contributed by atoms with E-state index in [0.717, 1.165) is 55.9 Å². The van der Waals surface area contributed by atoms with Gasteiger partial charge in [0.15, 0.2) is 11.5 Å². The summed E-state index contributed by atoms with van der Waals surface area (Å²) >= 11 is 0. The van der Waals surface area contributed by atoms with E-state index in [0.29, 0.717) is 22.6 Å². The van der Waals surface area contributed by atoms with Crippen molar-refractivity contribution in [2.75, 3.05) is 0 Å². The number of hydrogen-bond donors (Lipinski definition) is 2. The van der Waals surface area contributed by atoms with E-state index in [1.54, 1.807) is 12.1 Å². The van der Waals surface area contributed by atoms with Crippen molar-refractivity contribution in [2.24, 2.45) is 0 Å². The van der Waals surface area contributed by atoms with Crippen LogP contribution < -0.4 is 9.47 Å². The summed E-state index contributed by atoms with van der Waals surface area (Å²) < 4.78 is 12.9. The van der Waals surface area contributed by atoms with E-state index in [2.05, 4.69) is 23.7 Å². The molecule has 0 saturated heterocycles. The maximum absolute atomic E-state index is 11.5. The average molecular weight is 761 g/mol. The number of hydrogen-bond acceptors (Lipinski definition) is 8. The number of nitro groups is 2. The lowest BCUT2D eigenvalue weighted by molar-refractivity contribution is -0.386. The van der Waals surface area contributed by atoms with Crippen LogP contribution in [-0.4, -0.2) is 20.1 Å². The molecule has 0 atom stereocenters. The minimum Gasteiger partial charge on any atom is -0.502 e. The third-order valence-corrected chi connectivity index (χ3v) is 9.21. The molecular formula is C48H28N2O8. The molecule has 0 aliphatic carbocycles. The number of fused-ring (bicyclic) bond motifs is 2. The Kier molecular flexibility index (Phi) is 9.81. The van der Waals surface area contributed by atoms with E-state index in [9.17, 15) is 30.4 Å². The van der Waals surface area contributed by atoms with E-state index in [1.807, 2.05) is 109 Å². The number of nitro benzene ring substituents is 2. The Morgan fingerprint density at radius 2 is 0.828 bits per heavy atom. The van der Waals surface area contributed by atoms with E-state index in [-0.39, 0.29) is 11.5 Å². The van der Waals surface area contributed by atoms with Gasteiger partial charge in [0, 0.05) is 57.6 Å². The van der Waals surface area contributed by atoms with Crippen molar-refractivity contribution < 1.29 is 29.5 Å². The van der Waals surface area contributed by atoms with Gasteiger partial charge in [-0.25, -0.2) is 0 Å². The highest BCUT2D eigenvalue weighted by Crippen LogP contribution is 2.48. The number of phenolic OH excluding ortho intramolecular Hbond substituents is 2. The molecule has 0 heterocycles. The van der Waals surface area contributed by atoms with Gasteiger partial charge in [0.2, 0.25) is 0 Å². The molecule has 0 fully saturated rings. The molecule has 10 nitrogen and oxygen atoms in total. The fourth-order valence-electron chi connectivity index (χ4n) is 6.49. The Bertz CT molecular complexity index is 2840. The van der Waals surface area contributed by atoms with Gasteiger partial charge in [-0.15, -0.1) is 0 Å². The molecular weight excluding hydrogens is 733 g/mol. The summed E-state index contributed by atoms with van der Waals surface area (Å²) in [4.78, 5) is 21.6. The van der Waals surface area contributed by atoms with Crippen molar-refractivity contribution in [1.82, 2.24) is 0 Å².